The van der Waals surface area contributed by atoms with Crippen molar-refractivity contribution in [2.24, 2.45) is 5.92 Å². The molecule has 0 aromatic carbocycles. The average Bonchev–Trinajstić information content (AvgIpc) is 2.71. The number of hydrogen-bond acceptors (Lipinski definition) is 4. The van der Waals surface area contributed by atoms with E-state index in [2.05, 4.69) is 29.1 Å². The minimum absolute atomic E-state index is 0.321. The van der Waals surface area contributed by atoms with Gasteiger partial charge in [-0.3, -0.25) is 4.98 Å². The van der Waals surface area contributed by atoms with Gasteiger partial charge in [0.25, 0.3) is 0 Å². The van der Waals surface area contributed by atoms with Crippen molar-refractivity contribution < 1.29 is 4.39 Å². The number of aryl methyl sites for hydroxylation is 1. The summed E-state index contributed by atoms with van der Waals surface area (Å²) in [5.41, 5.74) is 1.49. The van der Waals surface area contributed by atoms with Gasteiger partial charge in [-0.05, 0) is 25.5 Å². The Balaban J connectivity index is 2.15. The predicted octanol–water partition coefficient (Wildman–Crippen LogP) is 3.40. The van der Waals surface area contributed by atoms with Crippen molar-refractivity contribution in [1.82, 2.24) is 15.3 Å². The van der Waals surface area contributed by atoms with Gasteiger partial charge >= 0.3 is 0 Å². The van der Waals surface area contributed by atoms with Crippen molar-refractivity contribution in [3.05, 3.63) is 34.8 Å². The lowest BCUT2D eigenvalue weighted by Crippen LogP contribution is -2.18. The number of rotatable bonds is 5. The molecule has 0 radical (unpaired) electrons. The summed E-state index contributed by atoms with van der Waals surface area (Å²) in [5.74, 6) is 0.295. The van der Waals surface area contributed by atoms with Crippen LogP contribution in [0.4, 0.5) is 4.39 Å². The molecule has 0 atom stereocenters. The fraction of sp³-hybridized carbons (Fsp3) is 0.429. The molecule has 0 fully saturated rings. The number of aromatic nitrogens is 2. The van der Waals surface area contributed by atoms with Crippen molar-refractivity contribution in [2.45, 2.75) is 27.3 Å². The predicted molar refractivity (Wildman–Crippen MR) is 76.6 cm³/mol. The third-order valence-corrected chi connectivity index (χ3v) is 3.92. The van der Waals surface area contributed by atoms with E-state index in [1.807, 2.05) is 6.92 Å². The normalized spacial score (nSPS) is 11.2. The van der Waals surface area contributed by atoms with E-state index in [-0.39, 0.29) is 5.82 Å². The highest BCUT2D eigenvalue weighted by molar-refractivity contribution is 7.15. The molecule has 2 heterocycles. The first-order valence-electron chi connectivity index (χ1n) is 6.35. The molecule has 0 saturated heterocycles. The van der Waals surface area contributed by atoms with Crippen LogP contribution >= 0.6 is 11.3 Å². The molecule has 1 N–H and O–H groups in total. The molecule has 0 spiro atoms. The third kappa shape index (κ3) is 3.58. The molecule has 0 bridgehead atoms. The molecule has 2 aromatic heterocycles. The van der Waals surface area contributed by atoms with Crippen LogP contribution in [-0.4, -0.2) is 16.5 Å². The van der Waals surface area contributed by atoms with Crippen LogP contribution < -0.4 is 5.32 Å². The van der Waals surface area contributed by atoms with Gasteiger partial charge in [-0.2, -0.15) is 0 Å². The second-order valence-electron chi connectivity index (χ2n) is 4.91. The minimum Gasteiger partial charge on any atom is -0.312 e. The van der Waals surface area contributed by atoms with Crippen LogP contribution in [0.15, 0.2) is 18.5 Å². The van der Waals surface area contributed by atoms with Gasteiger partial charge in [0, 0.05) is 23.2 Å². The summed E-state index contributed by atoms with van der Waals surface area (Å²) in [6.07, 6.45) is 2.81. The Labute approximate surface area is 116 Å². The van der Waals surface area contributed by atoms with Crippen LogP contribution in [0, 0.1) is 18.7 Å². The Kier molecular flexibility index (Phi) is 4.61. The van der Waals surface area contributed by atoms with Crippen LogP contribution in [-0.2, 0) is 6.54 Å². The lowest BCUT2D eigenvalue weighted by atomic mass is 10.2. The highest BCUT2D eigenvalue weighted by Gasteiger charge is 2.12. The smallest absolute Gasteiger partial charge is 0.151 e. The summed E-state index contributed by atoms with van der Waals surface area (Å²) in [6.45, 7) is 8.06. The number of halogens is 1. The Morgan fingerprint density at radius 3 is 2.89 bits per heavy atom. The van der Waals surface area contributed by atoms with Gasteiger partial charge in [-0.1, -0.05) is 13.8 Å². The molecule has 5 heteroatoms. The Bertz CT molecular complexity index is 551. The molecule has 0 unspecified atom stereocenters. The Morgan fingerprint density at radius 2 is 2.21 bits per heavy atom. The van der Waals surface area contributed by atoms with Gasteiger partial charge in [0.05, 0.1) is 11.9 Å². The number of nitrogens with one attached hydrogen (secondary N) is 1. The van der Waals surface area contributed by atoms with E-state index in [0.29, 0.717) is 11.5 Å². The Hall–Kier alpha value is -1.33. The second kappa shape index (κ2) is 6.21. The zero-order valence-corrected chi connectivity index (χ0v) is 12.2. The lowest BCUT2D eigenvalue weighted by Gasteiger charge is -2.05. The lowest BCUT2D eigenvalue weighted by molar-refractivity contribution is 0.554. The summed E-state index contributed by atoms with van der Waals surface area (Å²) in [6, 6.07) is 1.67. The maximum atomic E-state index is 13.7. The van der Waals surface area contributed by atoms with Crippen molar-refractivity contribution in [1.29, 1.82) is 0 Å². The molecule has 0 saturated carbocycles. The van der Waals surface area contributed by atoms with Crippen LogP contribution in [0.2, 0.25) is 0 Å². The molecule has 0 amide bonds. The maximum Gasteiger partial charge on any atom is 0.151 e. The topological polar surface area (TPSA) is 37.8 Å². The van der Waals surface area contributed by atoms with E-state index in [9.17, 15) is 4.39 Å². The Morgan fingerprint density at radius 1 is 1.42 bits per heavy atom. The molecule has 19 heavy (non-hydrogen) atoms. The van der Waals surface area contributed by atoms with Gasteiger partial charge in [-0.25, -0.2) is 9.37 Å². The highest BCUT2D eigenvalue weighted by Crippen LogP contribution is 2.29. The first kappa shape index (κ1) is 14.1. The van der Waals surface area contributed by atoms with Crippen LogP contribution in [0.25, 0.3) is 10.6 Å². The van der Waals surface area contributed by atoms with E-state index in [1.54, 1.807) is 12.3 Å². The van der Waals surface area contributed by atoms with Gasteiger partial charge in [0.1, 0.15) is 5.01 Å². The number of pyridine rings is 1. The van der Waals surface area contributed by atoms with Crippen molar-refractivity contribution in [2.75, 3.05) is 6.54 Å². The van der Waals surface area contributed by atoms with Crippen molar-refractivity contribution in [3.8, 4) is 10.6 Å². The van der Waals surface area contributed by atoms with Crippen LogP contribution in [0.5, 0.6) is 0 Å². The largest absolute Gasteiger partial charge is 0.312 e. The maximum absolute atomic E-state index is 13.7. The third-order valence-electron chi connectivity index (χ3n) is 2.73. The zero-order valence-electron chi connectivity index (χ0n) is 11.4. The fourth-order valence-electron chi connectivity index (χ4n) is 1.73. The first-order chi connectivity index (χ1) is 9.08. The summed E-state index contributed by atoms with van der Waals surface area (Å²) < 4.78 is 13.7. The number of hydrogen-bond donors (Lipinski definition) is 1. The molecule has 0 aliphatic carbocycles. The number of thiazole rings is 1. The van der Waals surface area contributed by atoms with E-state index >= 15 is 0 Å². The van der Waals surface area contributed by atoms with Crippen LogP contribution in [0.1, 0.15) is 24.4 Å². The molecule has 2 rings (SSSR count). The van der Waals surface area contributed by atoms with Gasteiger partial charge < -0.3 is 5.32 Å². The monoisotopic (exact) mass is 279 g/mol. The van der Waals surface area contributed by atoms with Crippen molar-refractivity contribution >= 4 is 11.3 Å². The number of nitrogens with zero attached hydrogens (tertiary/aromatic N) is 2. The van der Waals surface area contributed by atoms with Gasteiger partial charge in [0.15, 0.2) is 5.82 Å². The van der Waals surface area contributed by atoms with Gasteiger partial charge in [-0.15, -0.1) is 11.3 Å². The molecule has 102 valence electrons. The molecule has 2 aromatic rings. The average molecular weight is 279 g/mol. The molecule has 3 nitrogen and oxygen atoms in total. The van der Waals surface area contributed by atoms with E-state index in [4.69, 9.17) is 0 Å². The van der Waals surface area contributed by atoms with Gasteiger partial charge in [0.2, 0.25) is 0 Å². The summed E-state index contributed by atoms with van der Waals surface area (Å²) >= 11 is 1.54. The van der Waals surface area contributed by atoms with Crippen LogP contribution in [0.3, 0.4) is 0 Å². The van der Waals surface area contributed by atoms with E-state index < -0.39 is 0 Å². The van der Waals surface area contributed by atoms with E-state index in [0.717, 1.165) is 28.7 Å². The highest BCUT2D eigenvalue weighted by atomic mass is 32.1. The molecule has 0 aliphatic rings. The summed E-state index contributed by atoms with van der Waals surface area (Å²) in [4.78, 5) is 9.37. The quantitative estimate of drug-likeness (QED) is 0.911. The zero-order chi connectivity index (χ0) is 13.8. The second-order valence-corrected chi connectivity index (χ2v) is 5.99. The fourth-order valence-corrected chi connectivity index (χ4v) is 2.79. The van der Waals surface area contributed by atoms with E-state index in [1.165, 1.54) is 17.5 Å². The SMILES string of the molecule is Cc1nc(-c2ccncc2F)sc1CNCC(C)C. The minimum atomic E-state index is -0.321. The molecule has 0 aliphatic heterocycles. The van der Waals surface area contributed by atoms with Crippen molar-refractivity contribution in [3.63, 3.8) is 0 Å². The molecular weight excluding hydrogens is 261 g/mol. The first-order valence-corrected chi connectivity index (χ1v) is 7.16. The summed E-state index contributed by atoms with van der Waals surface area (Å²) in [5, 5.41) is 4.11. The summed E-state index contributed by atoms with van der Waals surface area (Å²) in [7, 11) is 0. The standard InChI is InChI=1S/C14H18FN3S/c1-9(2)6-17-8-13-10(3)18-14(19-13)11-4-5-16-7-12(11)15/h4-5,7,9,17H,6,8H2,1-3H3. The molecular formula is C14H18FN3S.